The van der Waals surface area contributed by atoms with E-state index in [0.29, 0.717) is 17.5 Å². The quantitative estimate of drug-likeness (QED) is 0.184. The maximum atomic E-state index is 6.43. The van der Waals surface area contributed by atoms with Crippen LogP contribution in [0.3, 0.4) is 0 Å². The molecule has 4 heteroatoms. The van der Waals surface area contributed by atoms with E-state index in [1.807, 2.05) is 72.8 Å². The van der Waals surface area contributed by atoms with Crippen LogP contribution in [0.5, 0.6) is 0 Å². The summed E-state index contributed by atoms with van der Waals surface area (Å²) in [6, 6.07) is 60.6. The number of fused-ring (bicyclic) bond motifs is 3. The highest BCUT2D eigenvalue weighted by atomic mass is 16.3. The Kier molecular flexibility index (Phi) is 7.10. The minimum atomic E-state index is 0.602. The molecule has 0 N–H and O–H groups in total. The van der Waals surface area contributed by atoms with Crippen LogP contribution in [0.2, 0.25) is 0 Å². The molecular weight excluding hydrogens is 599 g/mol. The van der Waals surface area contributed by atoms with Crippen molar-refractivity contribution in [2.75, 3.05) is 0 Å². The maximum Gasteiger partial charge on any atom is 0.164 e. The molecule has 230 valence electrons. The summed E-state index contributed by atoms with van der Waals surface area (Å²) in [6.45, 7) is 0. The van der Waals surface area contributed by atoms with Gasteiger partial charge in [0, 0.05) is 27.5 Å². The molecule has 0 spiro atoms. The Morgan fingerprint density at radius 3 is 1.43 bits per heavy atom. The van der Waals surface area contributed by atoms with E-state index in [1.54, 1.807) is 0 Å². The third-order valence-electron chi connectivity index (χ3n) is 8.96. The molecule has 49 heavy (non-hydrogen) atoms. The van der Waals surface area contributed by atoms with Gasteiger partial charge in [0.1, 0.15) is 11.2 Å². The summed E-state index contributed by atoms with van der Waals surface area (Å²) >= 11 is 0. The van der Waals surface area contributed by atoms with Gasteiger partial charge >= 0.3 is 0 Å². The van der Waals surface area contributed by atoms with E-state index in [-0.39, 0.29) is 0 Å². The van der Waals surface area contributed by atoms with Crippen molar-refractivity contribution in [2.24, 2.45) is 0 Å². The summed E-state index contributed by atoms with van der Waals surface area (Å²) in [7, 11) is 0. The van der Waals surface area contributed by atoms with Gasteiger partial charge in [-0.1, -0.05) is 152 Å². The van der Waals surface area contributed by atoms with E-state index in [9.17, 15) is 0 Å². The van der Waals surface area contributed by atoms with Crippen molar-refractivity contribution in [3.63, 3.8) is 0 Å². The van der Waals surface area contributed by atoms with Gasteiger partial charge in [0.15, 0.2) is 17.5 Å². The molecule has 0 radical (unpaired) electrons. The van der Waals surface area contributed by atoms with Crippen LogP contribution in [0, 0.1) is 0 Å². The van der Waals surface area contributed by atoms with Crippen LogP contribution in [0.4, 0.5) is 0 Å². The average Bonchev–Trinajstić information content (AvgIpc) is 3.57. The van der Waals surface area contributed by atoms with Gasteiger partial charge in [-0.2, -0.15) is 0 Å². The molecule has 2 heterocycles. The molecule has 0 saturated carbocycles. The van der Waals surface area contributed by atoms with Crippen LogP contribution in [0.15, 0.2) is 180 Å². The first-order chi connectivity index (χ1) is 24.3. The number of nitrogens with zero attached hydrogens (tertiary/aromatic N) is 3. The smallest absolute Gasteiger partial charge is 0.164 e. The fourth-order valence-corrected chi connectivity index (χ4v) is 6.57. The summed E-state index contributed by atoms with van der Waals surface area (Å²) in [4.78, 5) is 15.0. The van der Waals surface area contributed by atoms with E-state index in [1.165, 1.54) is 22.3 Å². The van der Waals surface area contributed by atoms with Crippen molar-refractivity contribution in [1.29, 1.82) is 0 Å². The lowest BCUT2D eigenvalue weighted by atomic mass is 9.91. The number of aromatic nitrogens is 3. The molecule has 4 nitrogen and oxygen atoms in total. The molecule has 0 aliphatic heterocycles. The number of benzene rings is 7. The fourth-order valence-electron chi connectivity index (χ4n) is 6.57. The zero-order valence-corrected chi connectivity index (χ0v) is 26.5. The molecule has 0 fully saturated rings. The van der Waals surface area contributed by atoms with Gasteiger partial charge in [-0.15, -0.1) is 0 Å². The van der Waals surface area contributed by atoms with Crippen molar-refractivity contribution < 1.29 is 4.42 Å². The number of hydrogen-bond donors (Lipinski definition) is 0. The molecule has 9 aromatic rings. The standard InChI is InChI=1S/C45H29N3O/c1-5-14-30(15-6-1)36-26-24-34(28-38(36)31-16-7-2-8-17-31)35-25-27-40-39(29-35)42-37(22-13-23-41(42)49-40)45-47-43(32-18-9-3-10-19-32)46-44(48-45)33-20-11-4-12-21-33/h1-29H. The Balaban J connectivity index is 1.23. The first-order valence-electron chi connectivity index (χ1n) is 16.4. The normalized spacial score (nSPS) is 11.3. The highest BCUT2D eigenvalue weighted by molar-refractivity contribution is 6.13. The van der Waals surface area contributed by atoms with Gasteiger partial charge in [-0.3, -0.25) is 0 Å². The van der Waals surface area contributed by atoms with Crippen LogP contribution < -0.4 is 0 Å². The Bertz CT molecular complexity index is 2520. The second kappa shape index (κ2) is 12.2. The van der Waals surface area contributed by atoms with Crippen LogP contribution in [0.25, 0.3) is 89.5 Å². The molecule has 0 bridgehead atoms. The topological polar surface area (TPSA) is 51.8 Å². The van der Waals surface area contributed by atoms with Crippen LogP contribution in [-0.4, -0.2) is 15.0 Å². The minimum Gasteiger partial charge on any atom is -0.456 e. The van der Waals surface area contributed by atoms with Gasteiger partial charge in [-0.05, 0) is 57.6 Å². The first kappa shape index (κ1) is 28.6. The molecule has 7 aromatic carbocycles. The highest BCUT2D eigenvalue weighted by Crippen LogP contribution is 2.40. The highest BCUT2D eigenvalue weighted by Gasteiger charge is 2.19. The lowest BCUT2D eigenvalue weighted by Gasteiger charge is -2.13. The average molecular weight is 628 g/mol. The molecule has 0 aliphatic rings. The van der Waals surface area contributed by atoms with Crippen LogP contribution in [0.1, 0.15) is 0 Å². The maximum absolute atomic E-state index is 6.43. The van der Waals surface area contributed by atoms with Crippen LogP contribution >= 0.6 is 0 Å². The van der Waals surface area contributed by atoms with Crippen molar-refractivity contribution in [3.05, 3.63) is 176 Å². The summed E-state index contributed by atoms with van der Waals surface area (Å²) in [5.74, 6) is 1.86. The van der Waals surface area contributed by atoms with Gasteiger partial charge in [-0.25, -0.2) is 15.0 Å². The lowest BCUT2D eigenvalue weighted by Crippen LogP contribution is -2.00. The second-order valence-corrected chi connectivity index (χ2v) is 12.0. The molecule has 0 amide bonds. The van der Waals surface area contributed by atoms with Gasteiger partial charge in [0.2, 0.25) is 0 Å². The van der Waals surface area contributed by atoms with E-state index < -0.39 is 0 Å². The summed E-state index contributed by atoms with van der Waals surface area (Å²) < 4.78 is 6.43. The Morgan fingerprint density at radius 1 is 0.306 bits per heavy atom. The molecule has 0 atom stereocenters. The Morgan fingerprint density at radius 2 is 0.816 bits per heavy atom. The predicted molar refractivity (Wildman–Crippen MR) is 200 cm³/mol. The molecule has 0 unspecified atom stereocenters. The van der Waals surface area contributed by atoms with Crippen molar-refractivity contribution in [3.8, 4) is 67.5 Å². The fraction of sp³-hybridized carbons (Fsp3) is 0. The zero-order valence-electron chi connectivity index (χ0n) is 26.5. The van der Waals surface area contributed by atoms with Crippen molar-refractivity contribution >= 4 is 21.9 Å². The molecule has 0 aliphatic carbocycles. The monoisotopic (exact) mass is 627 g/mol. The Hall–Kier alpha value is -6.65. The third-order valence-corrected chi connectivity index (χ3v) is 8.96. The molecule has 0 saturated heterocycles. The molecule has 9 rings (SSSR count). The lowest BCUT2D eigenvalue weighted by molar-refractivity contribution is 0.669. The first-order valence-corrected chi connectivity index (χ1v) is 16.4. The van der Waals surface area contributed by atoms with Gasteiger partial charge < -0.3 is 4.42 Å². The SMILES string of the molecule is c1ccc(-c2nc(-c3ccccc3)nc(-c3cccc4oc5ccc(-c6ccc(-c7ccccc7)c(-c7ccccc7)c6)cc5c34)n2)cc1. The van der Waals surface area contributed by atoms with Gasteiger partial charge in [0.25, 0.3) is 0 Å². The minimum absolute atomic E-state index is 0.602. The Labute approximate surface area is 284 Å². The van der Waals surface area contributed by atoms with Gasteiger partial charge in [0.05, 0.1) is 0 Å². The number of hydrogen-bond acceptors (Lipinski definition) is 4. The third kappa shape index (κ3) is 5.35. The number of rotatable bonds is 6. The second-order valence-electron chi connectivity index (χ2n) is 12.0. The molecule has 2 aromatic heterocycles. The summed E-state index contributed by atoms with van der Waals surface area (Å²) in [6.07, 6.45) is 0. The van der Waals surface area contributed by atoms with E-state index in [2.05, 4.69) is 103 Å². The largest absolute Gasteiger partial charge is 0.456 e. The number of furan rings is 1. The van der Waals surface area contributed by atoms with E-state index >= 15 is 0 Å². The zero-order chi connectivity index (χ0) is 32.6. The molecular formula is C45H29N3O. The van der Waals surface area contributed by atoms with Crippen LogP contribution in [-0.2, 0) is 0 Å². The van der Waals surface area contributed by atoms with Crippen molar-refractivity contribution in [1.82, 2.24) is 15.0 Å². The predicted octanol–water partition coefficient (Wildman–Crippen LogP) is 11.8. The summed E-state index contributed by atoms with van der Waals surface area (Å²) in [5.41, 5.74) is 11.4. The summed E-state index contributed by atoms with van der Waals surface area (Å²) in [5, 5.41) is 1.99. The van der Waals surface area contributed by atoms with E-state index in [0.717, 1.165) is 49.8 Å². The van der Waals surface area contributed by atoms with E-state index in [4.69, 9.17) is 19.4 Å². The van der Waals surface area contributed by atoms with Crippen molar-refractivity contribution in [2.45, 2.75) is 0 Å².